The summed E-state index contributed by atoms with van der Waals surface area (Å²) in [6.45, 7) is 5.15. The first kappa shape index (κ1) is 11.8. The zero-order valence-electron chi connectivity index (χ0n) is 9.91. The topological polar surface area (TPSA) is 29.0 Å². The molecular formula is C12H18BrN3. The molecule has 0 N–H and O–H groups in total. The quantitative estimate of drug-likeness (QED) is 0.782. The van der Waals surface area contributed by atoms with Crippen LogP contribution in [0.5, 0.6) is 0 Å². The van der Waals surface area contributed by atoms with E-state index in [4.69, 9.17) is 0 Å². The molecule has 1 aromatic heterocycles. The van der Waals surface area contributed by atoms with Crippen LogP contribution in [0.3, 0.4) is 0 Å². The zero-order valence-corrected chi connectivity index (χ0v) is 11.5. The van der Waals surface area contributed by atoms with Gasteiger partial charge < -0.3 is 4.90 Å². The van der Waals surface area contributed by atoms with Crippen molar-refractivity contribution in [1.82, 2.24) is 9.97 Å². The van der Waals surface area contributed by atoms with E-state index in [9.17, 15) is 0 Å². The molecule has 2 heterocycles. The molecule has 1 aromatic rings. The van der Waals surface area contributed by atoms with Gasteiger partial charge in [-0.2, -0.15) is 0 Å². The third-order valence-corrected chi connectivity index (χ3v) is 3.78. The Morgan fingerprint density at radius 2 is 2.00 bits per heavy atom. The molecule has 16 heavy (non-hydrogen) atoms. The van der Waals surface area contributed by atoms with Crippen LogP contribution in [0.15, 0.2) is 6.07 Å². The molecule has 0 aliphatic carbocycles. The van der Waals surface area contributed by atoms with E-state index >= 15 is 0 Å². The van der Waals surface area contributed by atoms with E-state index < -0.39 is 0 Å². The van der Waals surface area contributed by atoms with Gasteiger partial charge in [-0.05, 0) is 39.2 Å². The smallest absolute Gasteiger partial charge is 0.226 e. The van der Waals surface area contributed by atoms with Crippen LogP contribution in [-0.4, -0.2) is 27.9 Å². The SMILES string of the molecule is Cc1cc(C)nc(N2CCCCC2CBr)n1. The lowest BCUT2D eigenvalue weighted by molar-refractivity contribution is 0.482. The molecule has 1 aliphatic rings. The predicted octanol–water partition coefficient (Wildman–Crippen LogP) is 2.85. The number of rotatable bonds is 2. The second kappa shape index (κ2) is 5.13. The molecule has 0 radical (unpaired) electrons. The Balaban J connectivity index is 2.26. The Morgan fingerprint density at radius 3 is 2.62 bits per heavy atom. The van der Waals surface area contributed by atoms with E-state index in [0.717, 1.165) is 29.2 Å². The molecule has 3 nitrogen and oxygen atoms in total. The first-order valence-electron chi connectivity index (χ1n) is 5.85. The van der Waals surface area contributed by atoms with Crippen LogP contribution in [0.25, 0.3) is 0 Å². The van der Waals surface area contributed by atoms with Gasteiger partial charge in [0.05, 0.1) is 0 Å². The third-order valence-electron chi connectivity index (χ3n) is 3.03. The van der Waals surface area contributed by atoms with Crippen molar-refractivity contribution < 1.29 is 0 Å². The molecule has 0 amide bonds. The van der Waals surface area contributed by atoms with E-state index in [-0.39, 0.29) is 0 Å². The molecule has 88 valence electrons. The summed E-state index contributed by atoms with van der Waals surface area (Å²) in [5.41, 5.74) is 2.11. The monoisotopic (exact) mass is 283 g/mol. The fraction of sp³-hybridized carbons (Fsp3) is 0.667. The summed E-state index contributed by atoms with van der Waals surface area (Å²) in [5, 5.41) is 1.00. The number of hydrogen-bond donors (Lipinski definition) is 0. The van der Waals surface area contributed by atoms with Crippen molar-refractivity contribution in [3.63, 3.8) is 0 Å². The van der Waals surface area contributed by atoms with Crippen LogP contribution in [0.4, 0.5) is 5.95 Å². The highest BCUT2D eigenvalue weighted by molar-refractivity contribution is 9.09. The first-order chi connectivity index (χ1) is 7.70. The van der Waals surface area contributed by atoms with Crippen molar-refractivity contribution in [1.29, 1.82) is 0 Å². The molecule has 1 unspecified atom stereocenters. The molecule has 0 bridgehead atoms. The van der Waals surface area contributed by atoms with Gasteiger partial charge in [0, 0.05) is 29.3 Å². The standard InChI is InChI=1S/C12H18BrN3/c1-9-7-10(2)15-12(14-9)16-6-4-3-5-11(16)8-13/h7,11H,3-6,8H2,1-2H3. The minimum atomic E-state index is 0.551. The maximum absolute atomic E-state index is 4.55. The Labute approximate surface area is 105 Å². The molecule has 1 atom stereocenters. The largest absolute Gasteiger partial charge is 0.337 e. The van der Waals surface area contributed by atoms with Crippen molar-refractivity contribution in [3.05, 3.63) is 17.5 Å². The van der Waals surface area contributed by atoms with Gasteiger partial charge in [-0.3, -0.25) is 0 Å². The maximum Gasteiger partial charge on any atom is 0.226 e. The lowest BCUT2D eigenvalue weighted by atomic mass is 10.0. The molecular weight excluding hydrogens is 266 g/mol. The van der Waals surface area contributed by atoms with Gasteiger partial charge in [-0.1, -0.05) is 15.9 Å². The molecule has 4 heteroatoms. The van der Waals surface area contributed by atoms with Crippen LogP contribution in [0, 0.1) is 13.8 Å². The van der Waals surface area contributed by atoms with Crippen LogP contribution in [0.1, 0.15) is 30.7 Å². The van der Waals surface area contributed by atoms with Crippen LogP contribution in [0.2, 0.25) is 0 Å². The van der Waals surface area contributed by atoms with Crippen LogP contribution >= 0.6 is 15.9 Å². The molecule has 0 aromatic carbocycles. The average molecular weight is 284 g/mol. The Morgan fingerprint density at radius 1 is 1.31 bits per heavy atom. The van der Waals surface area contributed by atoms with Crippen LogP contribution in [-0.2, 0) is 0 Å². The Hall–Kier alpha value is -0.640. The van der Waals surface area contributed by atoms with Crippen molar-refractivity contribution in [2.24, 2.45) is 0 Å². The van der Waals surface area contributed by atoms with Crippen molar-refractivity contribution in [3.8, 4) is 0 Å². The summed E-state index contributed by atoms with van der Waals surface area (Å²) in [4.78, 5) is 11.4. The molecule has 2 rings (SSSR count). The summed E-state index contributed by atoms with van der Waals surface area (Å²) >= 11 is 3.59. The Kier molecular flexibility index (Phi) is 3.79. The molecule has 0 saturated carbocycles. The second-order valence-electron chi connectivity index (χ2n) is 4.45. The summed E-state index contributed by atoms with van der Waals surface area (Å²) in [6.07, 6.45) is 3.80. The summed E-state index contributed by atoms with van der Waals surface area (Å²) in [5.74, 6) is 0.904. The molecule has 1 saturated heterocycles. The zero-order chi connectivity index (χ0) is 11.5. The van der Waals surface area contributed by atoms with Gasteiger partial charge in [-0.25, -0.2) is 9.97 Å². The van der Waals surface area contributed by atoms with E-state index in [1.165, 1.54) is 19.3 Å². The minimum Gasteiger partial charge on any atom is -0.337 e. The highest BCUT2D eigenvalue weighted by Gasteiger charge is 2.23. The lowest BCUT2D eigenvalue weighted by Crippen LogP contribution is -2.41. The number of alkyl halides is 1. The lowest BCUT2D eigenvalue weighted by Gasteiger charge is -2.34. The number of hydrogen-bond acceptors (Lipinski definition) is 3. The maximum atomic E-state index is 4.55. The van der Waals surface area contributed by atoms with Crippen molar-refractivity contribution in [2.45, 2.75) is 39.2 Å². The highest BCUT2D eigenvalue weighted by Crippen LogP contribution is 2.23. The van der Waals surface area contributed by atoms with Gasteiger partial charge in [0.1, 0.15) is 0 Å². The third kappa shape index (κ3) is 2.54. The van der Waals surface area contributed by atoms with E-state index in [1.54, 1.807) is 0 Å². The number of aryl methyl sites for hydroxylation is 2. The number of halogens is 1. The average Bonchev–Trinajstić information content (AvgIpc) is 2.27. The summed E-state index contributed by atoms with van der Waals surface area (Å²) < 4.78 is 0. The fourth-order valence-corrected chi connectivity index (χ4v) is 2.93. The summed E-state index contributed by atoms with van der Waals surface area (Å²) in [6, 6.07) is 2.58. The number of anilines is 1. The predicted molar refractivity (Wildman–Crippen MR) is 70.3 cm³/mol. The van der Waals surface area contributed by atoms with E-state index in [0.29, 0.717) is 6.04 Å². The van der Waals surface area contributed by atoms with Gasteiger partial charge in [0.2, 0.25) is 5.95 Å². The van der Waals surface area contributed by atoms with E-state index in [2.05, 4.69) is 30.8 Å². The van der Waals surface area contributed by atoms with Gasteiger partial charge in [0.25, 0.3) is 0 Å². The normalized spacial score (nSPS) is 21.2. The van der Waals surface area contributed by atoms with Crippen LogP contribution < -0.4 is 4.90 Å². The minimum absolute atomic E-state index is 0.551. The first-order valence-corrected chi connectivity index (χ1v) is 6.98. The van der Waals surface area contributed by atoms with Gasteiger partial charge in [-0.15, -0.1) is 0 Å². The second-order valence-corrected chi connectivity index (χ2v) is 5.10. The number of nitrogens with zero attached hydrogens (tertiary/aromatic N) is 3. The van der Waals surface area contributed by atoms with Crippen molar-refractivity contribution in [2.75, 3.05) is 16.8 Å². The number of piperidine rings is 1. The van der Waals surface area contributed by atoms with Crippen molar-refractivity contribution >= 4 is 21.9 Å². The fourth-order valence-electron chi connectivity index (χ4n) is 2.26. The van der Waals surface area contributed by atoms with Gasteiger partial charge >= 0.3 is 0 Å². The van der Waals surface area contributed by atoms with E-state index in [1.807, 2.05) is 19.9 Å². The molecule has 1 aliphatic heterocycles. The number of aromatic nitrogens is 2. The summed E-state index contributed by atoms with van der Waals surface area (Å²) in [7, 11) is 0. The highest BCUT2D eigenvalue weighted by atomic mass is 79.9. The Bertz CT molecular complexity index is 347. The molecule has 0 spiro atoms. The molecule has 1 fully saturated rings. The van der Waals surface area contributed by atoms with Gasteiger partial charge in [0.15, 0.2) is 0 Å².